The summed E-state index contributed by atoms with van der Waals surface area (Å²) in [5, 5.41) is 25.3. The Labute approximate surface area is 86.5 Å². The first-order valence-corrected chi connectivity index (χ1v) is 4.82. The fourth-order valence-corrected chi connectivity index (χ4v) is 1.57. The van der Waals surface area contributed by atoms with Gasteiger partial charge in [-0.3, -0.25) is 0 Å². The number of aromatic carboxylic acids is 1. The molecule has 0 spiro atoms. The molecule has 0 aromatic carbocycles. The van der Waals surface area contributed by atoms with Crippen molar-refractivity contribution in [3.05, 3.63) is 11.4 Å². The molecule has 6 heteroatoms. The van der Waals surface area contributed by atoms with E-state index in [-0.39, 0.29) is 17.7 Å². The molecule has 1 saturated carbocycles. The van der Waals surface area contributed by atoms with Gasteiger partial charge in [0.2, 0.25) is 0 Å². The van der Waals surface area contributed by atoms with Gasteiger partial charge in [-0.05, 0) is 19.8 Å². The molecule has 0 unspecified atom stereocenters. The molecule has 1 aromatic rings. The van der Waals surface area contributed by atoms with Gasteiger partial charge in [-0.15, -0.1) is 5.10 Å². The highest BCUT2D eigenvalue weighted by molar-refractivity contribution is 5.86. The van der Waals surface area contributed by atoms with Crippen molar-refractivity contribution in [2.75, 3.05) is 6.61 Å². The third kappa shape index (κ3) is 1.72. The highest BCUT2D eigenvalue weighted by atomic mass is 16.4. The van der Waals surface area contributed by atoms with E-state index in [1.54, 1.807) is 11.6 Å². The van der Waals surface area contributed by atoms with Crippen LogP contribution in [-0.4, -0.2) is 37.8 Å². The van der Waals surface area contributed by atoms with Crippen LogP contribution in [0.3, 0.4) is 0 Å². The summed E-state index contributed by atoms with van der Waals surface area (Å²) in [4.78, 5) is 10.7. The maximum absolute atomic E-state index is 10.7. The number of aliphatic hydroxyl groups excluding tert-OH is 1. The zero-order chi connectivity index (χ0) is 11.1. The van der Waals surface area contributed by atoms with E-state index in [2.05, 4.69) is 10.3 Å². The van der Waals surface area contributed by atoms with Crippen LogP contribution in [0.25, 0.3) is 0 Å². The maximum atomic E-state index is 10.7. The molecule has 6 nitrogen and oxygen atoms in total. The second-order valence-electron chi connectivity index (χ2n) is 4.14. The Morgan fingerprint density at radius 3 is 2.67 bits per heavy atom. The van der Waals surface area contributed by atoms with Crippen LogP contribution < -0.4 is 0 Å². The minimum absolute atomic E-state index is 0.0104. The molecule has 1 aliphatic rings. The second-order valence-corrected chi connectivity index (χ2v) is 4.14. The summed E-state index contributed by atoms with van der Waals surface area (Å²) >= 11 is 0. The van der Waals surface area contributed by atoms with E-state index < -0.39 is 5.97 Å². The molecule has 82 valence electrons. The van der Waals surface area contributed by atoms with Crippen molar-refractivity contribution < 1.29 is 15.0 Å². The number of aliphatic hydroxyl groups is 1. The van der Waals surface area contributed by atoms with Crippen molar-refractivity contribution in [1.82, 2.24) is 15.0 Å². The fraction of sp³-hybridized carbons (Fsp3) is 0.667. The minimum Gasteiger partial charge on any atom is -0.476 e. The summed E-state index contributed by atoms with van der Waals surface area (Å²) in [6, 6.07) is 0. The Morgan fingerprint density at radius 1 is 1.60 bits per heavy atom. The van der Waals surface area contributed by atoms with E-state index in [1.165, 1.54) is 0 Å². The van der Waals surface area contributed by atoms with E-state index in [0.717, 1.165) is 12.8 Å². The van der Waals surface area contributed by atoms with Gasteiger partial charge in [0.05, 0.1) is 18.8 Å². The van der Waals surface area contributed by atoms with Crippen LogP contribution in [0.4, 0.5) is 0 Å². The molecule has 1 aromatic heterocycles. The van der Waals surface area contributed by atoms with E-state index in [1.807, 2.05) is 0 Å². The van der Waals surface area contributed by atoms with Gasteiger partial charge in [-0.2, -0.15) is 0 Å². The summed E-state index contributed by atoms with van der Waals surface area (Å²) in [6.07, 6.45) is 1.93. The van der Waals surface area contributed by atoms with Crippen molar-refractivity contribution in [1.29, 1.82) is 0 Å². The van der Waals surface area contributed by atoms with Gasteiger partial charge in [0.25, 0.3) is 0 Å². The summed E-state index contributed by atoms with van der Waals surface area (Å²) in [6.45, 7) is 2.35. The van der Waals surface area contributed by atoms with Crippen LogP contribution in [0.1, 0.15) is 29.0 Å². The molecule has 0 amide bonds. The third-order valence-corrected chi connectivity index (χ3v) is 2.96. The predicted molar refractivity (Wildman–Crippen MR) is 50.5 cm³/mol. The molecule has 2 rings (SSSR count). The fourth-order valence-electron chi connectivity index (χ4n) is 1.57. The highest BCUT2D eigenvalue weighted by Crippen LogP contribution is 2.46. The lowest BCUT2D eigenvalue weighted by Gasteiger charge is -2.11. The molecule has 0 radical (unpaired) electrons. The first-order valence-electron chi connectivity index (χ1n) is 4.82. The molecule has 1 aliphatic carbocycles. The van der Waals surface area contributed by atoms with E-state index in [4.69, 9.17) is 10.2 Å². The summed E-state index contributed by atoms with van der Waals surface area (Å²) < 4.78 is 1.56. The SMILES string of the molecule is Cc1c(C(=O)O)nnn1CC1(CO)CC1. The monoisotopic (exact) mass is 211 g/mol. The van der Waals surface area contributed by atoms with Gasteiger partial charge >= 0.3 is 5.97 Å². The number of hydrogen-bond donors (Lipinski definition) is 2. The number of rotatable bonds is 4. The van der Waals surface area contributed by atoms with E-state index in [0.29, 0.717) is 12.2 Å². The quantitative estimate of drug-likeness (QED) is 0.735. The number of carboxylic acids is 1. The summed E-state index contributed by atoms with van der Waals surface area (Å²) in [5.74, 6) is -1.06. The normalized spacial score (nSPS) is 17.7. The first kappa shape index (κ1) is 10.1. The third-order valence-electron chi connectivity index (χ3n) is 2.96. The molecule has 1 fully saturated rings. The van der Waals surface area contributed by atoms with Crippen molar-refractivity contribution in [3.8, 4) is 0 Å². The van der Waals surface area contributed by atoms with Crippen molar-refractivity contribution in [2.24, 2.45) is 5.41 Å². The lowest BCUT2D eigenvalue weighted by atomic mass is 10.1. The van der Waals surface area contributed by atoms with Crippen LogP contribution >= 0.6 is 0 Å². The topological polar surface area (TPSA) is 88.2 Å². The Bertz CT molecular complexity index is 395. The van der Waals surface area contributed by atoms with Gasteiger partial charge in [0.15, 0.2) is 5.69 Å². The largest absolute Gasteiger partial charge is 0.476 e. The Kier molecular flexibility index (Phi) is 2.22. The van der Waals surface area contributed by atoms with Crippen LogP contribution in [0.5, 0.6) is 0 Å². The zero-order valence-electron chi connectivity index (χ0n) is 8.47. The van der Waals surface area contributed by atoms with Crippen LogP contribution in [0, 0.1) is 12.3 Å². The smallest absolute Gasteiger partial charge is 0.358 e. The molecule has 0 aliphatic heterocycles. The van der Waals surface area contributed by atoms with Gasteiger partial charge in [0, 0.05) is 5.41 Å². The lowest BCUT2D eigenvalue weighted by Crippen LogP contribution is -2.18. The average Bonchev–Trinajstić information content (AvgIpc) is 2.87. The minimum atomic E-state index is -1.06. The predicted octanol–water partition coefficient (Wildman–Crippen LogP) is 0.0572. The van der Waals surface area contributed by atoms with Crippen molar-refractivity contribution in [2.45, 2.75) is 26.3 Å². The Hall–Kier alpha value is -1.43. The number of carboxylic acid groups (broad SMARTS) is 1. The molecule has 0 saturated heterocycles. The zero-order valence-corrected chi connectivity index (χ0v) is 8.47. The van der Waals surface area contributed by atoms with Crippen molar-refractivity contribution in [3.63, 3.8) is 0 Å². The number of nitrogens with zero attached hydrogens (tertiary/aromatic N) is 3. The number of aromatic nitrogens is 3. The molecule has 0 bridgehead atoms. The van der Waals surface area contributed by atoms with E-state index >= 15 is 0 Å². The van der Waals surface area contributed by atoms with Crippen LogP contribution in [0.2, 0.25) is 0 Å². The Balaban J connectivity index is 2.19. The number of hydrogen-bond acceptors (Lipinski definition) is 4. The summed E-state index contributed by atoms with van der Waals surface area (Å²) in [7, 11) is 0. The molecule has 0 atom stereocenters. The van der Waals surface area contributed by atoms with Crippen LogP contribution in [-0.2, 0) is 6.54 Å². The second kappa shape index (κ2) is 3.30. The molecular weight excluding hydrogens is 198 g/mol. The maximum Gasteiger partial charge on any atom is 0.358 e. The van der Waals surface area contributed by atoms with Gasteiger partial charge < -0.3 is 10.2 Å². The van der Waals surface area contributed by atoms with Gasteiger partial charge in [-0.1, -0.05) is 5.21 Å². The lowest BCUT2D eigenvalue weighted by molar-refractivity contribution is 0.0689. The average molecular weight is 211 g/mol. The molecular formula is C9H13N3O3. The Morgan fingerprint density at radius 2 is 2.27 bits per heavy atom. The molecule has 2 N–H and O–H groups in total. The summed E-state index contributed by atoms with van der Waals surface area (Å²) in [5.41, 5.74) is 0.444. The van der Waals surface area contributed by atoms with Gasteiger partial charge in [-0.25, -0.2) is 9.48 Å². The van der Waals surface area contributed by atoms with Crippen LogP contribution in [0.15, 0.2) is 0 Å². The standard InChI is InChI=1S/C9H13N3O3/c1-6-7(8(14)15)10-11-12(6)4-9(5-13)2-3-9/h13H,2-5H2,1H3,(H,14,15). The molecule has 1 heterocycles. The highest BCUT2D eigenvalue weighted by Gasteiger charge is 2.43. The number of carbonyl (C=O) groups is 1. The van der Waals surface area contributed by atoms with E-state index in [9.17, 15) is 4.79 Å². The van der Waals surface area contributed by atoms with Crippen molar-refractivity contribution >= 4 is 5.97 Å². The van der Waals surface area contributed by atoms with Gasteiger partial charge in [0.1, 0.15) is 0 Å². The first-order chi connectivity index (χ1) is 7.08. The molecule has 15 heavy (non-hydrogen) atoms.